The summed E-state index contributed by atoms with van der Waals surface area (Å²) in [5.41, 5.74) is 19.3. The van der Waals surface area contributed by atoms with Gasteiger partial charge in [0, 0.05) is 16.8 Å². The van der Waals surface area contributed by atoms with Crippen LogP contribution in [0.4, 0.5) is 17.1 Å². The fourth-order valence-electron chi connectivity index (χ4n) is 5.66. The summed E-state index contributed by atoms with van der Waals surface area (Å²) >= 11 is 3.44. The summed E-state index contributed by atoms with van der Waals surface area (Å²) in [7, 11) is 0. The van der Waals surface area contributed by atoms with Gasteiger partial charge in [-0.05, 0) is 166 Å². The molecule has 0 radical (unpaired) electrons. The van der Waals surface area contributed by atoms with Gasteiger partial charge in [-0.1, -0.05) is 24.3 Å². The summed E-state index contributed by atoms with van der Waals surface area (Å²) < 4.78 is 2.44. The molecule has 266 valence electrons. The number of hydrogen-bond donors (Lipinski definition) is 3. The minimum Gasteiger partial charge on any atom is -0.508 e. The number of aromatic nitrogens is 2. The number of phenols is 2. The molecule has 8 aromatic rings. The number of phenolic OH excluding ortho intramolecular Hbond substituents is 2. The van der Waals surface area contributed by atoms with E-state index >= 15 is 0 Å². The van der Waals surface area contributed by atoms with Crippen molar-refractivity contribution in [2.45, 2.75) is 41.5 Å². The van der Waals surface area contributed by atoms with Crippen LogP contribution in [0.3, 0.4) is 0 Å². The van der Waals surface area contributed by atoms with Gasteiger partial charge in [0.2, 0.25) is 0 Å². The number of thiazole rings is 2. The van der Waals surface area contributed by atoms with Gasteiger partial charge in [0.15, 0.2) is 0 Å². The molecule has 4 N–H and O–H groups in total. The van der Waals surface area contributed by atoms with Crippen LogP contribution < -0.4 is 5.73 Å². The van der Waals surface area contributed by atoms with E-state index in [4.69, 9.17) is 20.8 Å². The molecule has 0 atom stereocenters. The number of anilines is 1. The lowest BCUT2D eigenvalue weighted by atomic mass is 10.1. The third kappa shape index (κ3) is 9.32. The molecular formula is C44H41N5O2S2. The molecule has 0 aliphatic heterocycles. The van der Waals surface area contributed by atoms with Crippen molar-refractivity contribution in [2.75, 3.05) is 5.73 Å². The Hall–Kier alpha value is -5.90. The van der Waals surface area contributed by atoms with Gasteiger partial charge >= 0.3 is 0 Å². The van der Waals surface area contributed by atoms with Crippen molar-refractivity contribution in [3.8, 4) is 32.6 Å². The Morgan fingerprint density at radius 3 is 1.60 bits per heavy atom. The summed E-state index contributed by atoms with van der Waals surface area (Å²) in [4.78, 5) is 9.46. The van der Waals surface area contributed by atoms with Gasteiger partial charge < -0.3 is 15.9 Å². The first-order valence-electron chi connectivity index (χ1n) is 17.1. The van der Waals surface area contributed by atoms with Gasteiger partial charge in [0.05, 0.1) is 31.8 Å². The van der Waals surface area contributed by atoms with E-state index in [-0.39, 0.29) is 5.75 Å². The Morgan fingerprint density at radius 2 is 1.08 bits per heavy atom. The minimum atomic E-state index is 0.234. The summed E-state index contributed by atoms with van der Waals surface area (Å²) in [5.74, 6) is 0.572. The first-order valence-corrected chi connectivity index (χ1v) is 18.7. The fraction of sp³-hybridized carbons (Fsp3) is 0.136. The van der Waals surface area contributed by atoms with Crippen LogP contribution in [0.1, 0.15) is 33.4 Å². The van der Waals surface area contributed by atoms with E-state index in [2.05, 4.69) is 86.5 Å². The number of fused-ring (bicyclic) bond motifs is 2. The third-order valence-corrected chi connectivity index (χ3v) is 10.6. The highest BCUT2D eigenvalue weighted by atomic mass is 32.1. The molecule has 0 aliphatic carbocycles. The first kappa shape index (κ1) is 36.9. The lowest BCUT2D eigenvalue weighted by Gasteiger charge is -2.03. The van der Waals surface area contributed by atoms with Gasteiger partial charge in [-0.2, -0.15) is 10.2 Å². The number of aromatic hydroxyl groups is 2. The lowest BCUT2D eigenvalue weighted by Crippen LogP contribution is -1.87. The van der Waals surface area contributed by atoms with Gasteiger partial charge in [-0.3, -0.25) is 0 Å². The van der Waals surface area contributed by atoms with Gasteiger partial charge in [0.1, 0.15) is 21.5 Å². The smallest absolute Gasteiger partial charge is 0.124 e. The number of hydrogen-bond acceptors (Lipinski definition) is 9. The zero-order valence-electron chi connectivity index (χ0n) is 30.5. The molecule has 53 heavy (non-hydrogen) atoms. The molecule has 9 heteroatoms. The zero-order valence-corrected chi connectivity index (χ0v) is 32.2. The molecule has 0 unspecified atom stereocenters. The second kappa shape index (κ2) is 16.2. The average molecular weight is 736 g/mol. The molecule has 6 aromatic carbocycles. The molecule has 0 spiro atoms. The SMILES string of the molecule is Cc1ccc2nc(-c3ccc(N)cc3C)sc2c1.Cc1ccc2nc(-c3ccc(N=Nc4ccc(O)cc4C)cc3C)sc2c1.Cc1cccc(O)c1. The molecular weight excluding hydrogens is 695 g/mol. The predicted octanol–water partition coefficient (Wildman–Crippen LogP) is 12.9. The number of nitrogens with two attached hydrogens (primary N) is 1. The monoisotopic (exact) mass is 735 g/mol. The summed E-state index contributed by atoms with van der Waals surface area (Å²) in [6.07, 6.45) is 0. The molecule has 0 bridgehead atoms. The minimum absolute atomic E-state index is 0.234. The predicted molar refractivity (Wildman–Crippen MR) is 223 cm³/mol. The van der Waals surface area contributed by atoms with Crippen LogP contribution in [0.5, 0.6) is 11.5 Å². The molecule has 7 nitrogen and oxygen atoms in total. The van der Waals surface area contributed by atoms with E-state index in [1.54, 1.807) is 53.0 Å². The normalized spacial score (nSPS) is 11.0. The Kier molecular flexibility index (Phi) is 11.3. The summed E-state index contributed by atoms with van der Waals surface area (Å²) in [5, 5.41) is 29.0. The maximum absolute atomic E-state index is 9.49. The summed E-state index contributed by atoms with van der Waals surface area (Å²) in [6, 6.07) is 36.9. The van der Waals surface area contributed by atoms with Crippen LogP contribution in [-0.4, -0.2) is 20.2 Å². The quantitative estimate of drug-likeness (QED) is 0.123. The molecule has 2 aromatic heterocycles. The van der Waals surface area contributed by atoms with Gasteiger partial charge in [0.25, 0.3) is 0 Å². The molecule has 8 rings (SSSR count). The fourth-order valence-corrected chi connectivity index (χ4v) is 7.97. The molecule has 0 saturated heterocycles. The van der Waals surface area contributed by atoms with E-state index in [1.807, 2.05) is 50.2 Å². The number of aryl methyl sites for hydroxylation is 6. The van der Waals surface area contributed by atoms with E-state index in [0.717, 1.165) is 60.4 Å². The third-order valence-electron chi connectivity index (χ3n) is 8.46. The van der Waals surface area contributed by atoms with Crippen molar-refractivity contribution in [1.29, 1.82) is 0 Å². The molecule has 0 fully saturated rings. The Balaban J connectivity index is 0.000000158. The van der Waals surface area contributed by atoms with Gasteiger partial charge in [-0.15, -0.1) is 22.7 Å². The lowest BCUT2D eigenvalue weighted by molar-refractivity contribution is 0.474. The Morgan fingerprint density at radius 1 is 0.509 bits per heavy atom. The van der Waals surface area contributed by atoms with Crippen LogP contribution in [-0.2, 0) is 0 Å². The highest BCUT2D eigenvalue weighted by Crippen LogP contribution is 2.35. The second-order valence-corrected chi connectivity index (χ2v) is 15.1. The topological polar surface area (TPSA) is 117 Å². The van der Waals surface area contributed by atoms with Crippen molar-refractivity contribution in [1.82, 2.24) is 9.97 Å². The van der Waals surface area contributed by atoms with Crippen LogP contribution in [0.25, 0.3) is 41.6 Å². The van der Waals surface area contributed by atoms with Crippen molar-refractivity contribution < 1.29 is 10.2 Å². The highest BCUT2D eigenvalue weighted by molar-refractivity contribution is 7.22. The number of nitrogens with zero attached hydrogens (tertiary/aromatic N) is 4. The summed E-state index contributed by atoms with van der Waals surface area (Å²) in [6.45, 7) is 12.2. The number of benzene rings is 6. The highest BCUT2D eigenvalue weighted by Gasteiger charge is 2.11. The van der Waals surface area contributed by atoms with Crippen molar-refractivity contribution in [2.24, 2.45) is 10.2 Å². The van der Waals surface area contributed by atoms with Crippen LogP contribution in [0, 0.1) is 41.5 Å². The van der Waals surface area contributed by atoms with E-state index < -0.39 is 0 Å². The average Bonchev–Trinajstić information content (AvgIpc) is 3.72. The van der Waals surface area contributed by atoms with E-state index in [1.165, 1.54) is 31.7 Å². The maximum atomic E-state index is 9.49. The van der Waals surface area contributed by atoms with Crippen molar-refractivity contribution in [3.63, 3.8) is 0 Å². The van der Waals surface area contributed by atoms with Crippen LogP contribution in [0.2, 0.25) is 0 Å². The molecule has 0 aliphatic rings. The molecule has 0 saturated carbocycles. The molecule has 0 amide bonds. The largest absolute Gasteiger partial charge is 0.508 e. The Labute approximate surface area is 317 Å². The van der Waals surface area contributed by atoms with Crippen molar-refractivity contribution in [3.05, 3.63) is 149 Å². The second-order valence-electron chi connectivity index (χ2n) is 13.1. The van der Waals surface area contributed by atoms with E-state index in [0.29, 0.717) is 5.75 Å². The van der Waals surface area contributed by atoms with Gasteiger partial charge in [-0.25, -0.2) is 9.97 Å². The standard InChI is InChI=1S/C22H19N3OS.C15H14N2S.C7H8O/c1-13-4-8-20-21(10-13)27-22(23-20)18-7-5-16(11-14(18)2)24-25-19-9-6-17(26)12-15(19)3;1-9-3-6-13-14(7-9)18-15(17-13)12-5-4-11(16)8-10(12)2;1-6-3-2-4-7(8)5-6/h4-12,26H,1-3H3;3-8H,16H2,1-2H3;2-5,8H,1H3. The van der Waals surface area contributed by atoms with Crippen LogP contribution >= 0.6 is 22.7 Å². The Bertz CT molecular complexity index is 2570. The number of azo groups is 1. The van der Waals surface area contributed by atoms with E-state index in [9.17, 15) is 5.11 Å². The zero-order chi connectivity index (χ0) is 37.6. The number of nitrogen functional groups attached to an aromatic ring is 1. The first-order chi connectivity index (χ1) is 25.4. The maximum Gasteiger partial charge on any atom is 0.124 e. The van der Waals surface area contributed by atoms with Crippen molar-refractivity contribution >= 4 is 60.2 Å². The molecule has 2 heterocycles. The number of rotatable bonds is 4. The van der Waals surface area contributed by atoms with Crippen LogP contribution in [0.15, 0.2) is 125 Å².